The number of hydrogen-bond acceptors (Lipinski definition) is 5. The summed E-state index contributed by atoms with van der Waals surface area (Å²) in [5.74, 6) is 1.35. The molecule has 160 valence electrons. The standard InChI is InChI=1S/C19H33N5O3.HI/c1-6-23(18(25)27-19(2,3)4)14-15-7-10-24(11-8-15)17(20-5)21-13-16-9-12-26-22-16;/h9,12,15H,6-8,10-11,13-14H2,1-5H3,(H,20,21);1H. The van der Waals surface area contributed by atoms with Gasteiger partial charge >= 0.3 is 6.09 Å². The van der Waals surface area contributed by atoms with Crippen LogP contribution in [0.2, 0.25) is 0 Å². The van der Waals surface area contributed by atoms with Crippen LogP contribution in [0.5, 0.6) is 0 Å². The normalized spacial score (nSPS) is 15.8. The number of halogens is 1. The van der Waals surface area contributed by atoms with Crippen molar-refractivity contribution in [3.05, 3.63) is 18.0 Å². The van der Waals surface area contributed by atoms with E-state index in [4.69, 9.17) is 9.26 Å². The van der Waals surface area contributed by atoms with Crippen molar-refractivity contribution < 1.29 is 14.1 Å². The van der Waals surface area contributed by atoms with E-state index in [2.05, 4.69) is 20.4 Å². The summed E-state index contributed by atoms with van der Waals surface area (Å²) in [6.07, 6.45) is 3.38. The second-order valence-electron chi connectivity index (χ2n) is 7.84. The number of nitrogens with zero attached hydrogens (tertiary/aromatic N) is 4. The molecule has 1 aliphatic rings. The van der Waals surface area contributed by atoms with Crippen LogP contribution in [0.4, 0.5) is 4.79 Å². The maximum Gasteiger partial charge on any atom is 0.410 e. The predicted octanol–water partition coefficient (Wildman–Crippen LogP) is 3.34. The number of nitrogens with one attached hydrogen (secondary N) is 1. The molecule has 1 aromatic heterocycles. The van der Waals surface area contributed by atoms with E-state index in [0.717, 1.165) is 44.1 Å². The summed E-state index contributed by atoms with van der Waals surface area (Å²) in [5.41, 5.74) is 0.387. The molecule has 8 nitrogen and oxygen atoms in total. The van der Waals surface area contributed by atoms with Gasteiger partial charge in [0.1, 0.15) is 17.6 Å². The molecule has 0 bridgehead atoms. The van der Waals surface area contributed by atoms with Crippen LogP contribution in [0.15, 0.2) is 21.8 Å². The highest BCUT2D eigenvalue weighted by Gasteiger charge is 2.27. The Morgan fingerprint density at radius 1 is 1.43 bits per heavy atom. The number of aromatic nitrogens is 1. The van der Waals surface area contributed by atoms with Crippen molar-refractivity contribution >= 4 is 36.0 Å². The second-order valence-corrected chi connectivity index (χ2v) is 7.84. The summed E-state index contributed by atoms with van der Waals surface area (Å²) >= 11 is 0. The number of piperidine rings is 1. The van der Waals surface area contributed by atoms with Gasteiger partial charge in [0.25, 0.3) is 0 Å². The minimum absolute atomic E-state index is 0. The Hall–Kier alpha value is -1.52. The van der Waals surface area contributed by atoms with Gasteiger partial charge in [-0.3, -0.25) is 4.99 Å². The summed E-state index contributed by atoms with van der Waals surface area (Å²) in [4.78, 5) is 20.8. The predicted molar refractivity (Wildman–Crippen MR) is 120 cm³/mol. The molecule has 2 rings (SSSR count). The van der Waals surface area contributed by atoms with Crippen molar-refractivity contribution in [1.29, 1.82) is 0 Å². The molecule has 0 spiro atoms. The van der Waals surface area contributed by atoms with Gasteiger partial charge in [0.05, 0.1) is 6.54 Å². The lowest BCUT2D eigenvalue weighted by atomic mass is 9.96. The largest absolute Gasteiger partial charge is 0.444 e. The number of rotatable bonds is 5. The van der Waals surface area contributed by atoms with Gasteiger partial charge in [0.15, 0.2) is 5.96 Å². The second kappa shape index (κ2) is 11.5. The van der Waals surface area contributed by atoms with Crippen molar-refractivity contribution in [2.45, 2.75) is 52.7 Å². The molecule has 0 aromatic carbocycles. The number of hydrogen-bond donors (Lipinski definition) is 1. The van der Waals surface area contributed by atoms with Crippen molar-refractivity contribution in [3.63, 3.8) is 0 Å². The number of carbonyl (C=O) groups excluding carboxylic acids is 1. The minimum atomic E-state index is -0.462. The van der Waals surface area contributed by atoms with Crippen LogP contribution in [0.1, 0.15) is 46.2 Å². The highest BCUT2D eigenvalue weighted by Crippen LogP contribution is 2.20. The third kappa shape index (κ3) is 7.84. The van der Waals surface area contributed by atoms with Gasteiger partial charge < -0.3 is 24.4 Å². The average Bonchev–Trinajstić information content (AvgIpc) is 3.13. The van der Waals surface area contributed by atoms with Crippen LogP contribution in [0.3, 0.4) is 0 Å². The molecule has 2 heterocycles. The molecule has 0 radical (unpaired) electrons. The number of aliphatic imine (C=N–C) groups is 1. The number of amides is 1. The number of ether oxygens (including phenoxy) is 1. The van der Waals surface area contributed by atoms with Gasteiger partial charge in [0, 0.05) is 39.3 Å². The molecule has 0 saturated carbocycles. The Labute approximate surface area is 185 Å². The summed E-state index contributed by atoms with van der Waals surface area (Å²) in [6, 6.07) is 1.84. The summed E-state index contributed by atoms with van der Waals surface area (Å²) in [6.45, 7) is 11.5. The van der Waals surface area contributed by atoms with E-state index in [-0.39, 0.29) is 30.1 Å². The van der Waals surface area contributed by atoms with Crippen LogP contribution in [0.25, 0.3) is 0 Å². The zero-order chi connectivity index (χ0) is 19.9. The molecule has 0 atom stereocenters. The molecular weight excluding hydrogens is 473 g/mol. The fraction of sp³-hybridized carbons (Fsp3) is 0.737. The summed E-state index contributed by atoms with van der Waals surface area (Å²) < 4.78 is 10.4. The van der Waals surface area contributed by atoms with Crippen molar-refractivity contribution in [2.24, 2.45) is 10.9 Å². The Morgan fingerprint density at radius 3 is 2.61 bits per heavy atom. The highest BCUT2D eigenvalue weighted by atomic mass is 127. The number of guanidine groups is 1. The van der Waals surface area contributed by atoms with Crippen LogP contribution >= 0.6 is 24.0 Å². The molecule has 1 N–H and O–H groups in total. The number of carbonyl (C=O) groups is 1. The Balaban J connectivity index is 0.00000392. The highest BCUT2D eigenvalue weighted by molar-refractivity contribution is 14.0. The van der Waals surface area contributed by atoms with E-state index in [1.54, 1.807) is 13.3 Å². The smallest absolute Gasteiger partial charge is 0.410 e. The zero-order valence-electron chi connectivity index (χ0n) is 17.6. The Kier molecular flexibility index (Phi) is 10.0. The quantitative estimate of drug-likeness (QED) is 0.374. The molecule has 1 aliphatic heterocycles. The molecule has 0 unspecified atom stereocenters. The third-order valence-electron chi connectivity index (χ3n) is 4.56. The maximum absolute atomic E-state index is 12.3. The first kappa shape index (κ1) is 24.5. The molecule has 28 heavy (non-hydrogen) atoms. The zero-order valence-corrected chi connectivity index (χ0v) is 19.9. The van der Waals surface area contributed by atoms with Crippen LogP contribution in [-0.2, 0) is 11.3 Å². The maximum atomic E-state index is 12.3. The van der Waals surface area contributed by atoms with E-state index in [9.17, 15) is 4.79 Å². The van der Waals surface area contributed by atoms with Gasteiger partial charge in [-0.2, -0.15) is 0 Å². The van der Waals surface area contributed by atoms with Crippen LogP contribution in [0, 0.1) is 5.92 Å². The first-order valence-corrected chi connectivity index (χ1v) is 9.65. The summed E-state index contributed by atoms with van der Waals surface area (Å²) in [5, 5.41) is 7.22. The lowest BCUT2D eigenvalue weighted by Gasteiger charge is -2.36. The Bertz CT molecular complexity index is 608. The van der Waals surface area contributed by atoms with Gasteiger partial charge in [-0.05, 0) is 46.5 Å². The molecule has 1 aromatic rings. The molecule has 1 amide bonds. The van der Waals surface area contributed by atoms with E-state index >= 15 is 0 Å². The fourth-order valence-corrected chi connectivity index (χ4v) is 3.13. The lowest BCUT2D eigenvalue weighted by Crippen LogP contribution is -2.47. The molecule has 0 aliphatic carbocycles. The van der Waals surface area contributed by atoms with E-state index < -0.39 is 5.60 Å². The van der Waals surface area contributed by atoms with Crippen molar-refractivity contribution in [3.8, 4) is 0 Å². The summed E-state index contributed by atoms with van der Waals surface area (Å²) in [7, 11) is 1.79. The molecule has 1 fully saturated rings. The third-order valence-corrected chi connectivity index (χ3v) is 4.56. The molecular formula is C19H34IN5O3. The molecule has 9 heteroatoms. The van der Waals surface area contributed by atoms with Crippen molar-refractivity contribution in [2.75, 3.05) is 33.2 Å². The first-order chi connectivity index (χ1) is 12.8. The van der Waals surface area contributed by atoms with Gasteiger partial charge in [-0.15, -0.1) is 24.0 Å². The van der Waals surface area contributed by atoms with E-state index in [0.29, 0.717) is 19.0 Å². The van der Waals surface area contributed by atoms with Crippen LogP contribution < -0.4 is 5.32 Å². The number of likely N-dealkylation sites (tertiary alicyclic amines) is 1. The van der Waals surface area contributed by atoms with Gasteiger partial charge in [0.2, 0.25) is 0 Å². The van der Waals surface area contributed by atoms with Crippen molar-refractivity contribution in [1.82, 2.24) is 20.3 Å². The van der Waals surface area contributed by atoms with E-state index in [1.807, 2.05) is 38.7 Å². The van der Waals surface area contributed by atoms with Crippen LogP contribution in [-0.4, -0.2) is 65.8 Å². The Morgan fingerprint density at radius 2 is 2.11 bits per heavy atom. The van der Waals surface area contributed by atoms with E-state index in [1.165, 1.54) is 0 Å². The average molecular weight is 507 g/mol. The SMILES string of the molecule is CCN(CC1CCN(C(=NC)NCc2ccon2)CC1)C(=O)OC(C)(C)C.I. The minimum Gasteiger partial charge on any atom is -0.444 e. The molecule has 1 saturated heterocycles. The fourth-order valence-electron chi connectivity index (χ4n) is 3.13. The van der Waals surface area contributed by atoms with Gasteiger partial charge in [-0.25, -0.2) is 4.79 Å². The van der Waals surface area contributed by atoms with Gasteiger partial charge in [-0.1, -0.05) is 5.16 Å². The monoisotopic (exact) mass is 507 g/mol. The topological polar surface area (TPSA) is 83.2 Å². The first-order valence-electron chi connectivity index (χ1n) is 9.65. The lowest BCUT2D eigenvalue weighted by molar-refractivity contribution is 0.0214.